The van der Waals surface area contributed by atoms with Gasteiger partial charge in [0.15, 0.2) is 0 Å². The number of nitrogens with one attached hydrogen (secondary N) is 1. The van der Waals surface area contributed by atoms with E-state index in [4.69, 9.17) is 11.5 Å². The van der Waals surface area contributed by atoms with Gasteiger partial charge >= 0.3 is 5.69 Å². The SMILES string of the molecule is NC(=O)C=Cc1cnc(=O)[nH]c1N. The average Bonchev–Trinajstić information content (AvgIpc) is 2.02. The van der Waals surface area contributed by atoms with Gasteiger partial charge in [-0.15, -0.1) is 0 Å². The molecular formula is C7H8N4O2. The number of hydrogen-bond acceptors (Lipinski definition) is 4. The molecule has 0 aliphatic rings. The molecular weight excluding hydrogens is 172 g/mol. The van der Waals surface area contributed by atoms with Crippen LogP contribution >= 0.6 is 0 Å². The summed E-state index contributed by atoms with van der Waals surface area (Å²) in [4.78, 5) is 26.7. The first-order valence-electron chi connectivity index (χ1n) is 3.42. The topological polar surface area (TPSA) is 115 Å². The Morgan fingerprint density at radius 1 is 1.62 bits per heavy atom. The molecule has 1 amide bonds. The van der Waals surface area contributed by atoms with Gasteiger partial charge in [0, 0.05) is 17.8 Å². The van der Waals surface area contributed by atoms with Crippen LogP contribution in [0.25, 0.3) is 6.08 Å². The highest BCUT2D eigenvalue weighted by Crippen LogP contribution is 2.04. The van der Waals surface area contributed by atoms with Gasteiger partial charge in [0.05, 0.1) is 0 Å². The molecule has 0 spiro atoms. The van der Waals surface area contributed by atoms with Crippen molar-refractivity contribution in [2.24, 2.45) is 5.73 Å². The molecule has 1 aromatic rings. The van der Waals surface area contributed by atoms with Gasteiger partial charge in [0.1, 0.15) is 5.82 Å². The van der Waals surface area contributed by atoms with E-state index >= 15 is 0 Å². The van der Waals surface area contributed by atoms with Gasteiger partial charge in [-0.2, -0.15) is 0 Å². The largest absolute Gasteiger partial charge is 0.385 e. The summed E-state index contributed by atoms with van der Waals surface area (Å²) in [6.07, 6.45) is 3.76. The second-order valence-electron chi connectivity index (χ2n) is 2.29. The zero-order valence-corrected chi connectivity index (χ0v) is 6.65. The Hall–Kier alpha value is -2.11. The average molecular weight is 180 g/mol. The van der Waals surface area contributed by atoms with Crippen LogP contribution < -0.4 is 17.2 Å². The van der Waals surface area contributed by atoms with Crippen molar-refractivity contribution >= 4 is 17.8 Å². The van der Waals surface area contributed by atoms with Crippen LogP contribution in [0, 0.1) is 0 Å². The van der Waals surface area contributed by atoms with Crippen LogP contribution in [0.2, 0.25) is 0 Å². The van der Waals surface area contributed by atoms with Crippen LogP contribution in [0.3, 0.4) is 0 Å². The number of nitrogens with zero attached hydrogens (tertiary/aromatic N) is 1. The molecule has 1 rings (SSSR count). The highest BCUT2D eigenvalue weighted by atomic mass is 16.1. The maximum Gasteiger partial charge on any atom is 0.346 e. The summed E-state index contributed by atoms with van der Waals surface area (Å²) in [5, 5.41) is 0. The molecule has 0 aliphatic heterocycles. The smallest absolute Gasteiger partial charge is 0.346 e. The molecule has 13 heavy (non-hydrogen) atoms. The van der Waals surface area contributed by atoms with E-state index in [-0.39, 0.29) is 5.82 Å². The Labute approximate surface area is 73.3 Å². The lowest BCUT2D eigenvalue weighted by atomic mass is 10.3. The summed E-state index contributed by atoms with van der Waals surface area (Å²) in [5.74, 6) is -0.442. The predicted molar refractivity (Wildman–Crippen MR) is 47.5 cm³/mol. The molecule has 1 aromatic heterocycles. The summed E-state index contributed by atoms with van der Waals surface area (Å²) in [6.45, 7) is 0. The predicted octanol–water partition coefficient (Wildman–Crippen LogP) is -1.15. The minimum absolute atomic E-state index is 0.150. The summed E-state index contributed by atoms with van der Waals surface area (Å²) >= 11 is 0. The van der Waals surface area contributed by atoms with Crippen molar-refractivity contribution in [1.29, 1.82) is 0 Å². The van der Waals surface area contributed by atoms with Crippen molar-refractivity contribution in [2.75, 3.05) is 5.73 Å². The van der Waals surface area contributed by atoms with E-state index < -0.39 is 11.6 Å². The van der Waals surface area contributed by atoms with E-state index in [1.807, 2.05) is 0 Å². The van der Waals surface area contributed by atoms with Crippen molar-refractivity contribution in [3.8, 4) is 0 Å². The first-order valence-corrected chi connectivity index (χ1v) is 3.42. The lowest BCUT2D eigenvalue weighted by molar-refractivity contribution is -0.113. The summed E-state index contributed by atoms with van der Waals surface area (Å²) in [6, 6.07) is 0. The molecule has 0 aliphatic carbocycles. The summed E-state index contributed by atoms with van der Waals surface area (Å²) in [5.41, 5.74) is 10.2. The minimum atomic E-state index is -0.592. The fourth-order valence-electron chi connectivity index (χ4n) is 0.722. The van der Waals surface area contributed by atoms with Crippen molar-refractivity contribution < 1.29 is 4.79 Å². The number of carbonyl (C=O) groups excluding carboxylic acids is 1. The Kier molecular flexibility index (Phi) is 2.44. The van der Waals surface area contributed by atoms with E-state index in [0.717, 1.165) is 6.08 Å². The monoisotopic (exact) mass is 180 g/mol. The molecule has 5 N–H and O–H groups in total. The van der Waals surface area contributed by atoms with Crippen LogP contribution in [-0.4, -0.2) is 15.9 Å². The molecule has 0 atom stereocenters. The number of nitrogens with two attached hydrogens (primary N) is 2. The van der Waals surface area contributed by atoms with E-state index in [1.165, 1.54) is 12.3 Å². The van der Waals surface area contributed by atoms with Gasteiger partial charge in [-0.25, -0.2) is 9.78 Å². The van der Waals surface area contributed by atoms with Gasteiger partial charge in [-0.1, -0.05) is 0 Å². The minimum Gasteiger partial charge on any atom is -0.385 e. The lowest BCUT2D eigenvalue weighted by Crippen LogP contribution is -2.13. The number of aromatic amines is 1. The number of rotatable bonds is 2. The molecule has 68 valence electrons. The number of anilines is 1. The van der Waals surface area contributed by atoms with Crippen molar-refractivity contribution in [1.82, 2.24) is 9.97 Å². The Balaban J connectivity index is 3.03. The fraction of sp³-hybridized carbons (Fsp3) is 0. The van der Waals surface area contributed by atoms with Crippen LogP contribution in [0.4, 0.5) is 5.82 Å². The highest BCUT2D eigenvalue weighted by Gasteiger charge is 1.96. The van der Waals surface area contributed by atoms with E-state index in [9.17, 15) is 9.59 Å². The van der Waals surface area contributed by atoms with Crippen LogP contribution in [0.5, 0.6) is 0 Å². The molecule has 0 unspecified atom stereocenters. The third-order valence-corrected chi connectivity index (χ3v) is 1.30. The number of nitrogen functional groups attached to an aromatic ring is 1. The molecule has 6 nitrogen and oxygen atoms in total. The molecule has 0 radical (unpaired) electrons. The first-order chi connectivity index (χ1) is 6.09. The second kappa shape index (κ2) is 3.53. The standard InChI is InChI=1S/C7H8N4O2/c8-5(12)2-1-4-3-10-7(13)11-6(4)9/h1-3H,(H2,8,12)(H3,9,10,11,13). The third kappa shape index (κ3) is 2.44. The van der Waals surface area contributed by atoms with Crippen LogP contribution in [-0.2, 0) is 4.79 Å². The number of primary amides is 1. The van der Waals surface area contributed by atoms with Crippen LogP contribution in [0.1, 0.15) is 5.56 Å². The van der Waals surface area contributed by atoms with E-state index in [0.29, 0.717) is 5.56 Å². The quantitative estimate of drug-likeness (QED) is 0.498. The lowest BCUT2D eigenvalue weighted by Gasteiger charge is -1.96. The number of H-pyrrole nitrogens is 1. The van der Waals surface area contributed by atoms with Gasteiger partial charge in [-0.3, -0.25) is 9.78 Å². The Morgan fingerprint density at radius 3 is 2.85 bits per heavy atom. The number of carbonyl (C=O) groups is 1. The normalized spacial score (nSPS) is 10.5. The first kappa shape index (κ1) is 8.98. The van der Waals surface area contributed by atoms with Crippen molar-refractivity contribution in [2.45, 2.75) is 0 Å². The maximum atomic E-state index is 10.6. The summed E-state index contributed by atoms with van der Waals surface area (Å²) < 4.78 is 0. The molecule has 0 bridgehead atoms. The highest BCUT2D eigenvalue weighted by molar-refractivity contribution is 5.90. The Morgan fingerprint density at radius 2 is 2.31 bits per heavy atom. The number of hydrogen-bond donors (Lipinski definition) is 3. The Bertz CT molecular complexity index is 407. The van der Waals surface area contributed by atoms with E-state index in [2.05, 4.69) is 9.97 Å². The van der Waals surface area contributed by atoms with Gasteiger partial charge < -0.3 is 11.5 Å². The summed E-state index contributed by atoms with van der Waals surface area (Å²) in [7, 11) is 0. The molecule has 0 saturated carbocycles. The molecule has 1 heterocycles. The van der Waals surface area contributed by atoms with Crippen molar-refractivity contribution in [3.05, 3.63) is 28.3 Å². The van der Waals surface area contributed by atoms with Gasteiger partial charge in [0.25, 0.3) is 0 Å². The van der Waals surface area contributed by atoms with Crippen LogP contribution in [0.15, 0.2) is 17.1 Å². The van der Waals surface area contributed by atoms with Gasteiger partial charge in [-0.05, 0) is 6.08 Å². The second-order valence-corrected chi connectivity index (χ2v) is 2.29. The zero-order valence-electron chi connectivity index (χ0n) is 6.65. The van der Waals surface area contributed by atoms with E-state index in [1.54, 1.807) is 0 Å². The fourth-order valence-corrected chi connectivity index (χ4v) is 0.722. The molecule has 6 heteroatoms. The molecule has 0 saturated heterocycles. The number of aromatic nitrogens is 2. The third-order valence-electron chi connectivity index (χ3n) is 1.30. The van der Waals surface area contributed by atoms with Crippen molar-refractivity contribution in [3.63, 3.8) is 0 Å². The maximum absolute atomic E-state index is 10.6. The van der Waals surface area contributed by atoms with Gasteiger partial charge in [0.2, 0.25) is 5.91 Å². The zero-order chi connectivity index (χ0) is 9.84. The number of amides is 1. The molecule has 0 aromatic carbocycles. The molecule has 0 fully saturated rings.